The molecule has 1 aliphatic carbocycles. The number of anilines is 2. The standard InChI is InChI=1S/C47H54N6O7/c1-52(45(58)21-23-53-29-33-25-36(26-34(33)30-53)60-47(59)50-40-15-6-5-14-37(40)32-11-3-2-4-12-32)22-8-7-16-43(56)49-35-13-9-10-31(24-35)27-48-28-42(55)38-17-19-41(54)46-39(38)18-20-44(57)51-46/h2-6,9-15,17-20,24,33-34,36,42,48,54-55H,7-8,16,21-23,25-30H2,1H3,(H,49,56)(H,50,59)(H,51,57)/t33-,34+,36+,42-/m0/s1. The van der Waals surface area contributed by atoms with Crippen LogP contribution in [0.4, 0.5) is 16.2 Å². The summed E-state index contributed by atoms with van der Waals surface area (Å²) >= 11 is 0. The molecule has 314 valence electrons. The number of unbranched alkanes of at least 4 members (excludes halogenated alkanes) is 1. The highest BCUT2D eigenvalue weighted by Gasteiger charge is 2.42. The number of phenolic OH excluding ortho intramolecular Hbond substituents is 1. The van der Waals surface area contributed by atoms with Crippen LogP contribution in [-0.2, 0) is 20.9 Å². The first-order valence-electron chi connectivity index (χ1n) is 20.8. The molecule has 0 unspecified atom stereocenters. The number of likely N-dealkylation sites (tertiary alicyclic amines) is 1. The number of fused-ring (bicyclic) bond motifs is 2. The molecule has 13 heteroatoms. The first-order chi connectivity index (χ1) is 29.1. The van der Waals surface area contributed by atoms with E-state index in [2.05, 4.69) is 25.8 Å². The number of aromatic amines is 1. The van der Waals surface area contributed by atoms with Crippen LogP contribution in [0.5, 0.6) is 5.75 Å². The smallest absolute Gasteiger partial charge is 0.411 e. The van der Waals surface area contributed by atoms with Crippen molar-refractivity contribution in [2.45, 2.75) is 57.3 Å². The van der Waals surface area contributed by atoms with Gasteiger partial charge in [-0.25, -0.2) is 4.79 Å². The lowest BCUT2D eigenvalue weighted by atomic mass is 10.0. The summed E-state index contributed by atoms with van der Waals surface area (Å²) in [5, 5.41) is 30.7. The highest BCUT2D eigenvalue weighted by atomic mass is 16.6. The molecular formula is C47H54N6O7. The van der Waals surface area contributed by atoms with E-state index in [0.29, 0.717) is 67.4 Å². The highest BCUT2D eigenvalue weighted by Crippen LogP contribution is 2.40. The van der Waals surface area contributed by atoms with E-state index in [1.807, 2.05) is 85.9 Å². The summed E-state index contributed by atoms with van der Waals surface area (Å²) in [7, 11) is 1.82. The van der Waals surface area contributed by atoms with Crippen LogP contribution in [0.15, 0.2) is 108 Å². The van der Waals surface area contributed by atoms with Gasteiger partial charge in [0.2, 0.25) is 17.4 Å². The number of hydrogen-bond donors (Lipinski definition) is 6. The minimum absolute atomic E-state index is 0.0608. The molecule has 1 aromatic heterocycles. The molecule has 13 nitrogen and oxygen atoms in total. The molecule has 2 aliphatic rings. The van der Waals surface area contributed by atoms with Crippen molar-refractivity contribution in [1.82, 2.24) is 20.1 Å². The predicted octanol–water partition coefficient (Wildman–Crippen LogP) is 6.64. The van der Waals surface area contributed by atoms with Crippen LogP contribution in [0.3, 0.4) is 0 Å². The normalized spacial score (nSPS) is 17.9. The number of hydrogen-bond acceptors (Lipinski definition) is 9. The van der Waals surface area contributed by atoms with Crippen LogP contribution >= 0.6 is 0 Å². The fraction of sp³-hybridized carbons (Fsp3) is 0.362. The topological polar surface area (TPSA) is 176 Å². The second-order valence-electron chi connectivity index (χ2n) is 16.0. The van der Waals surface area contributed by atoms with Crippen molar-refractivity contribution in [1.29, 1.82) is 0 Å². The van der Waals surface area contributed by atoms with E-state index in [1.54, 1.807) is 17.0 Å². The highest BCUT2D eigenvalue weighted by molar-refractivity contribution is 5.92. The number of aromatic nitrogens is 1. The molecular weight excluding hydrogens is 761 g/mol. The van der Waals surface area contributed by atoms with Gasteiger partial charge >= 0.3 is 6.09 Å². The summed E-state index contributed by atoms with van der Waals surface area (Å²) in [6, 6.07) is 31.2. The molecule has 0 bridgehead atoms. The second kappa shape index (κ2) is 19.8. The number of phenols is 1. The molecule has 1 aliphatic heterocycles. The number of benzene rings is 4. The van der Waals surface area contributed by atoms with Gasteiger partial charge in [0, 0.05) is 81.9 Å². The third-order valence-electron chi connectivity index (χ3n) is 11.7. The number of nitrogens with zero attached hydrogens (tertiary/aromatic N) is 2. The lowest BCUT2D eigenvalue weighted by Gasteiger charge is -2.21. The number of amides is 3. The number of nitrogens with one attached hydrogen (secondary N) is 4. The zero-order valence-corrected chi connectivity index (χ0v) is 33.9. The number of rotatable bonds is 17. The average molecular weight is 815 g/mol. The lowest BCUT2D eigenvalue weighted by molar-refractivity contribution is -0.130. The Balaban J connectivity index is 0.752. The second-order valence-corrected chi connectivity index (χ2v) is 16.0. The van der Waals surface area contributed by atoms with Crippen molar-refractivity contribution in [2.75, 3.05) is 50.4 Å². The Morgan fingerprint density at radius 3 is 2.45 bits per heavy atom. The molecule has 0 spiro atoms. The molecule has 1 saturated heterocycles. The van der Waals surface area contributed by atoms with E-state index in [1.165, 1.54) is 12.1 Å². The summed E-state index contributed by atoms with van der Waals surface area (Å²) in [6.07, 6.45) is 2.39. The number of pyridine rings is 1. The summed E-state index contributed by atoms with van der Waals surface area (Å²) < 4.78 is 5.87. The van der Waals surface area contributed by atoms with Crippen molar-refractivity contribution in [3.8, 4) is 16.9 Å². The molecule has 4 atom stereocenters. The van der Waals surface area contributed by atoms with Crippen LogP contribution in [-0.4, -0.2) is 88.8 Å². The minimum Gasteiger partial charge on any atom is -0.506 e. The fourth-order valence-corrected chi connectivity index (χ4v) is 8.57. The van der Waals surface area contributed by atoms with E-state index in [4.69, 9.17) is 4.74 Å². The fourth-order valence-electron chi connectivity index (χ4n) is 8.57. The molecule has 0 radical (unpaired) electrons. The van der Waals surface area contributed by atoms with E-state index < -0.39 is 12.2 Å². The van der Waals surface area contributed by atoms with Crippen molar-refractivity contribution in [3.05, 3.63) is 125 Å². The Labute approximate surface area is 349 Å². The molecule has 3 amide bonds. The van der Waals surface area contributed by atoms with E-state index in [-0.39, 0.29) is 41.3 Å². The van der Waals surface area contributed by atoms with Crippen LogP contribution in [0, 0.1) is 11.8 Å². The van der Waals surface area contributed by atoms with Gasteiger partial charge in [-0.05, 0) is 84.5 Å². The van der Waals surface area contributed by atoms with Gasteiger partial charge in [0.1, 0.15) is 11.9 Å². The number of carbonyl (C=O) groups is 3. The first kappa shape index (κ1) is 42.1. The lowest BCUT2D eigenvalue weighted by Crippen LogP contribution is -2.33. The summed E-state index contributed by atoms with van der Waals surface area (Å²) in [5.74, 6) is 0.838. The van der Waals surface area contributed by atoms with E-state index in [0.717, 1.165) is 54.7 Å². The maximum Gasteiger partial charge on any atom is 0.411 e. The van der Waals surface area contributed by atoms with Crippen molar-refractivity contribution in [3.63, 3.8) is 0 Å². The Bertz CT molecular complexity index is 2320. The van der Waals surface area contributed by atoms with Gasteiger partial charge in [0.25, 0.3) is 0 Å². The summed E-state index contributed by atoms with van der Waals surface area (Å²) in [6.45, 7) is 3.78. The number of aliphatic hydroxyl groups excluding tert-OH is 1. The van der Waals surface area contributed by atoms with E-state index >= 15 is 0 Å². The van der Waals surface area contributed by atoms with Gasteiger partial charge in [0.15, 0.2) is 0 Å². The van der Waals surface area contributed by atoms with Crippen molar-refractivity contribution >= 4 is 40.2 Å². The van der Waals surface area contributed by atoms with Gasteiger partial charge in [-0.3, -0.25) is 19.7 Å². The maximum absolute atomic E-state index is 13.0. The van der Waals surface area contributed by atoms with Gasteiger partial charge in [-0.15, -0.1) is 0 Å². The van der Waals surface area contributed by atoms with Gasteiger partial charge < -0.3 is 40.4 Å². The Morgan fingerprint density at radius 1 is 0.883 bits per heavy atom. The van der Waals surface area contributed by atoms with Gasteiger partial charge in [-0.1, -0.05) is 66.7 Å². The number of aliphatic hydroxyl groups is 1. The molecule has 5 aromatic rings. The Morgan fingerprint density at radius 2 is 1.65 bits per heavy atom. The SMILES string of the molecule is CN(CCCCC(=O)Nc1cccc(CNC[C@H](O)c2ccc(O)c3[nH]c(=O)ccc23)c1)C(=O)CCN1C[C@H]2C[C@H](OC(=O)Nc3ccccc3-c3ccccc3)C[C@H]2C1. The van der Waals surface area contributed by atoms with Crippen molar-refractivity contribution < 1.29 is 29.3 Å². The maximum atomic E-state index is 13.0. The molecule has 7 rings (SSSR count). The number of ether oxygens (including phenoxy) is 1. The molecule has 60 heavy (non-hydrogen) atoms. The number of aromatic hydroxyl groups is 1. The minimum atomic E-state index is -0.879. The third kappa shape index (κ3) is 11.0. The first-order valence-corrected chi connectivity index (χ1v) is 20.8. The van der Waals surface area contributed by atoms with Gasteiger partial charge in [-0.2, -0.15) is 0 Å². The van der Waals surface area contributed by atoms with Gasteiger partial charge in [0.05, 0.1) is 17.3 Å². The Hall–Kier alpha value is -6.02. The predicted molar refractivity (Wildman–Crippen MR) is 233 cm³/mol. The summed E-state index contributed by atoms with van der Waals surface area (Å²) in [4.78, 5) is 57.0. The van der Waals surface area contributed by atoms with E-state index in [9.17, 15) is 29.4 Å². The van der Waals surface area contributed by atoms with Crippen LogP contribution in [0.2, 0.25) is 0 Å². The largest absolute Gasteiger partial charge is 0.506 e. The molecule has 2 fully saturated rings. The van der Waals surface area contributed by atoms with Crippen molar-refractivity contribution in [2.24, 2.45) is 11.8 Å². The molecule has 6 N–H and O–H groups in total. The molecule has 4 aromatic carbocycles. The quantitative estimate of drug-likeness (QED) is 0.0562. The third-order valence-corrected chi connectivity index (χ3v) is 11.7. The van der Waals surface area contributed by atoms with Crippen LogP contribution < -0.4 is 21.5 Å². The summed E-state index contributed by atoms with van der Waals surface area (Å²) in [5.41, 5.74) is 4.84. The molecule has 1 saturated carbocycles. The van der Waals surface area contributed by atoms with Crippen LogP contribution in [0.25, 0.3) is 22.0 Å². The number of carbonyl (C=O) groups excluding carboxylic acids is 3. The monoisotopic (exact) mass is 814 g/mol. The zero-order chi connectivity index (χ0) is 42.0. The number of para-hydroxylation sites is 1. The zero-order valence-electron chi connectivity index (χ0n) is 33.9. The van der Waals surface area contributed by atoms with Crippen LogP contribution in [0.1, 0.15) is 55.8 Å². The Kier molecular flexibility index (Phi) is 13.9. The molecule has 2 heterocycles. The number of H-pyrrole nitrogens is 1. The average Bonchev–Trinajstić information content (AvgIpc) is 3.80.